The summed E-state index contributed by atoms with van der Waals surface area (Å²) < 4.78 is 5.15. The number of aromatic amines is 1. The summed E-state index contributed by atoms with van der Waals surface area (Å²) in [7, 11) is 1.62. The van der Waals surface area contributed by atoms with E-state index in [9.17, 15) is 9.59 Å². The van der Waals surface area contributed by atoms with Gasteiger partial charge < -0.3 is 19.9 Å². The zero-order valence-corrected chi connectivity index (χ0v) is 19.0. The van der Waals surface area contributed by atoms with E-state index in [1.807, 2.05) is 29.2 Å². The van der Waals surface area contributed by atoms with Crippen LogP contribution in [-0.2, 0) is 19.4 Å². The predicted molar refractivity (Wildman–Crippen MR) is 126 cm³/mol. The molecule has 1 fully saturated rings. The van der Waals surface area contributed by atoms with Crippen LogP contribution in [0.2, 0.25) is 0 Å². The molecule has 2 N–H and O–H groups in total. The second kappa shape index (κ2) is 8.91. The third kappa shape index (κ3) is 4.22. The van der Waals surface area contributed by atoms with E-state index in [0.29, 0.717) is 25.5 Å². The number of urea groups is 1. The molecule has 0 unspecified atom stereocenters. The number of aromatic nitrogens is 2. The molecular formula is C23H27N5O3S. The number of carbonyl (C=O) groups is 1. The Kier molecular flexibility index (Phi) is 5.84. The van der Waals surface area contributed by atoms with Crippen molar-refractivity contribution in [3.05, 3.63) is 50.9 Å². The number of hydrogen-bond donors (Lipinski definition) is 2. The van der Waals surface area contributed by atoms with Gasteiger partial charge in [-0.15, -0.1) is 11.3 Å². The summed E-state index contributed by atoms with van der Waals surface area (Å²) in [4.78, 5) is 39.4. The lowest BCUT2D eigenvalue weighted by Gasteiger charge is -2.34. The lowest BCUT2D eigenvalue weighted by Crippen LogP contribution is -2.49. The summed E-state index contributed by atoms with van der Waals surface area (Å²) in [5.74, 6) is 1.46. The number of H-pyrrole nitrogens is 1. The molecule has 1 saturated heterocycles. The Labute approximate surface area is 190 Å². The number of fused-ring (bicyclic) bond motifs is 3. The van der Waals surface area contributed by atoms with Gasteiger partial charge in [0.2, 0.25) is 0 Å². The van der Waals surface area contributed by atoms with Crippen LogP contribution in [0.4, 0.5) is 10.5 Å². The fraction of sp³-hybridized carbons (Fsp3) is 0.435. The van der Waals surface area contributed by atoms with E-state index in [2.05, 4.69) is 15.2 Å². The molecule has 0 radical (unpaired) electrons. The molecule has 3 aromatic rings. The van der Waals surface area contributed by atoms with Gasteiger partial charge in [0.15, 0.2) is 0 Å². The Balaban J connectivity index is 1.20. The molecule has 0 atom stereocenters. The van der Waals surface area contributed by atoms with Crippen LogP contribution in [0, 0.1) is 0 Å². The van der Waals surface area contributed by atoms with Gasteiger partial charge in [0, 0.05) is 36.7 Å². The standard InChI is InChI=1S/C23H27N5O3S/c1-31-16-8-6-15(7-9-16)24-23(30)28-12-10-27(11-13-28)14-19-25-21(29)20-17-4-2-3-5-18(17)32-22(20)26-19/h6-9H,2-5,10-14H2,1H3,(H,24,30)(H,25,26,29). The van der Waals surface area contributed by atoms with Crippen LogP contribution < -0.4 is 15.6 Å². The summed E-state index contributed by atoms with van der Waals surface area (Å²) in [6.45, 7) is 3.31. The summed E-state index contributed by atoms with van der Waals surface area (Å²) in [5.41, 5.74) is 1.95. The number of rotatable bonds is 4. The number of ether oxygens (including phenoxy) is 1. The van der Waals surface area contributed by atoms with Crippen molar-refractivity contribution in [1.29, 1.82) is 0 Å². The van der Waals surface area contributed by atoms with Crippen molar-refractivity contribution in [2.24, 2.45) is 0 Å². The van der Waals surface area contributed by atoms with Gasteiger partial charge in [-0.2, -0.15) is 0 Å². The minimum atomic E-state index is -0.105. The molecule has 1 aliphatic carbocycles. The third-order valence-electron chi connectivity index (χ3n) is 6.25. The molecule has 2 aliphatic rings. The SMILES string of the molecule is COc1ccc(NC(=O)N2CCN(Cc3nc4sc5c(c4c(=O)[nH]3)CCCC5)CC2)cc1. The molecule has 0 saturated carbocycles. The number of anilines is 1. The molecule has 1 aliphatic heterocycles. The predicted octanol–water partition coefficient (Wildman–Crippen LogP) is 3.22. The van der Waals surface area contributed by atoms with Crippen LogP contribution in [0.3, 0.4) is 0 Å². The van der Waals surface area contributed by atoms with Crippen LogP contribution in [0.1, 0.15) is 29.1 Å². The molecular weight excluding hydrogens is 426 g/mol. The second-order valence-electron chi connectivity index (χ2n) is 8.33. The molecule has 32 heavy (non-hydrogen) atoms. The third-order valence-corrected chi connectivity index (χ3v) is 7.43. The summed E-state index contributed by atoms with van der Waals surface area (Å²) >= 11 is 1.68. The Morgan fingerprint density at radius 2 is 1.91 bits per heavy atom. The number of hydrogen-bond acceptors (Lipinski definition) is 6. The highest BCUT2D eigenvalue weighted by Crippen LogP contribution is 2.33. The highest BCUT2D eigenvalue weighted by Gasteiger charge is 2.23. The van der Waals surface area contributed by atoms with Crippen molar-refractivity contribution in [2.75, 3.05) is 38.6 Å². The van der Waals surface area contributed by atoms with E-state index in [-0.39, 0.29) is 11.6 Å². The van der Waals surface area contributed by atoms with Crippen LogP contribution in [0.5, 0.6) is 5.75 Å². The van der Waals surface area contributed by atoms with Crippen molar-refractivity contribution >= 4 is 33.3 Å². The first kappa shape index (κ1) is 21.0. The highest BCUT2D eigenvalue weighted by molar-refractivity contribution is 7.18. The molecule has 8 nitrogen and oxygen atoms in total. The zero-order chi connectivity index (χ0) is 22.1. The minimum Gasteiger partial charge on any atom is -0.497 e. The Bertz CT molecular complexity index is 1180. The molecule has 3 heterocycles. The molecule has 5 rings (SSSR count). The zero-order valence-electron chi connectivity index (χ0n) is 18.1. The number of nitrogens with one attached hydrogen (secondary N) is 2. The van der Waals surface area contributed by atoms with Gasteiger partial charge >= 0.3 is 6.03 Å². The normalized spacial score (nSPS) is 16.7. The van der Waals surface area contributed by atoms with Crippen molar-refractivity contribution in [1.82, 2.24) is 19.8 Å². The summed E-state index contributed by atoms with van der Waals surface area (Å²) in [6.07, 6.45) is 4.39. The molecule has 2 aromatic heterocycles. The number of amides is 2. The lowest BCUT2D eigenvalue weighted by molar-refractivity contribution is 0.141. The number of nitrogens with zero attached hydrogens (tertiary/aromatic N) is 3. The highest BCUT2D eigenvalue weighted by atomic mass is 32.1. The number of carbonyl (C=O) groups excluding carboxylic acids is 1. The van der Waals surface area contributed by atoms with Gasteiger partial charge in [-0.05, 0) is 55.5 Å². The van der Waals surface area contributed by atoms with E-state index in [1.165, 1.54) is 16.9 Å². The number of piperazine rings is 1. The van der Waals surface area contributed by atoms with Crippen molar-refractivity contribution in [3.63, 3.8) is 0 Å². The van der Waals surface area contributed by atoms with E-state index in [1.54, 1.807) is 18.4 Å². The molecule has 9 heteroatoms. The average molecular weight is 454 g/mol. The van der Waals surface area contributed by atoms with E-state index in [0.717, 1.165) is 54.0 Å². The fourth-order valence-electron chi connectivity index (χ4n) is 4.48. The molecule has 0 spiro atoms. The number of thiophene rings is 1. The van der Waals surface area contributed by atoms with E-state index in [4.69, 9.17) is 9.72 Å². The van der Waals surface area contributed by atoms with Crippen LogP contribution in [0.25, 0.3) is 10.2 Å². The minimum absolute atomic E-state index is 0.0121. The smallest absolute Gasteiger partial charge is 0.321 e. The number of methoxy groups -OCH3 is 1. The van der Waals surface area contributed by atoms with Gasteiger partial charge in [-0.1, -0.05) is 0 Å². The first-order valence-electron chi connectivity index (χ1n) is 11.1. The lowest BCUT2D eigenvalue weighted by atomic mass is 9.97. The Morgan fingerprint density at radius 1 is 1.16 bits per heavy atom. The average Bonchev–Trinajstić information content (AvgIpc) is 3.19. The number of benzene rings is 1. The molecule has 168 valence electrons. The van der Waals surface area contributed by atoms with Crippen LogP contribution >= 0.6 is 11.3 Å². The molecule has 2 amide bonds. The fourth-order valence-corrected chi connectivity index (χ4v) is 5.76. The van der Waals surface area contributed by atoms with E-state index < -0.39 is 0 Å². The molecule has 0 bridgehead atoms. The van der Waals surface area contributed by atoms with Gasteiger partial charge in [0.25, 0.3) is 5.56 Å². The Hall–Kier alpha value is -2.91. The van der Waals surface area contributed by atoms with Crippen molar-refractivity contribution < 1.29 is 9.53 Å². The number of aryl methyl sites for hydroxylation is 2. The maximum absolute atomic E-state index is 12.8. The van der Waals surface area contributed by atoms with E-state index >= 15 is 0 Å². The van der Waals surface area contributed by atoms with Crippen LogP contribution in [0.15, 0.2) is 29.1 Å². The van der Waals surface area contributed by atoms with Crippen molar-refractivity contribution in [3.8, 4) is 5.75 Å². The summed E-state index contributed by atoms with van der Waals surface area (Å²) in [6, 6.07) is 7.19. The van der Waals surface area contributed by atoms with Gasteiger partial charge in [-0.25, -0.2) is 9.78 Å². The maximum Gasteiger partial charge on any atom is 0.321 e. The van der Waals surface area contributed by atoms with Crippen molar-refractivity contribution in [2.45, 2.75) is 32.2 Å². The van der Waals surface area contributed by atoms with Gasteiger partial charge in [0.05, 0.1) is 19.0 Å². The topological polar surface area (TPSA) is 90.6 Å². The van der Waals surface area contributed by atoms with Gasteiger partial charge in [0.1, 0.15) is 16.4 Å². The molecule has 1 aromatic carbocycles. The largest absolute Gasteiger partial charge is 0.497 e. The Morgan fingerprint density at radius 3 is 2.66 bits per heavy atom. The summed E-state index contributed by atoms with van der Waals surface area (Å²) in [5, 5.41) is 3.73. The van der Waals surface area contributed by atoms with Crippen LogP contribution in [-0.4, -0.2) is 59.1 Å². The van der Waals surface area contributed by atoms with Gasteiger partial charge in [-0.3, -0.25) is 9.69 Å². The first-order valence-corrected chi connectivity index (χ1v) is 11.9. The second-order valence-corrected chi connectivity index (χ2v) is 9.41. The quantitative estimate of drug-likeness (QED) is 0.633. The maximum atomic E-state index is 12.8. The monoisotopic (exact) mass is 453 g/mol. The first-order chi connectivity index (χ1) is 15.6.